The van der Waals surface area contributed by atoms with Crippen LogP contribution < -0.4 is 18.9 Å². The molecule has 7 nitrogen and oxygen atoms in total. The third-order valence-electron chi connectivity index (χ3n) is 0.963. The van der Waals surface area contributed by atoms with E-state index in [2.05, 4.69) is 12.5 Å². The molecule has 1 fully saturated rings. The molecule has 10 heteroatoms. The van der Waals surface area contributed by atoms with Crippen LogP contribution in [-0.4, -0.2) is 36.5 Å². The first kappa shape index (κ1) is 13.5. The largest absolute Gasteiger partial charge is 1.00 e. The molecule has 72 valence electrons. The van der Waals surface area contributed by atoms with Gasteiger partial charge in [-0.05, 0) is 0 Å². The van der Waals surface area contributed by atoms with E-state index in [4.69, 9.17) is 0 Å². The Morgan fingerprint density at radius 3 is 2.62 bits per heavy atom. The Morgan fingerprint density at radius 2 is 2.23 bits per heavy atom. The Hall–Kier alpha value is 0.537. The maximum Gasteiger partial charge on any atom is 1.00 e. The zero-order valence-electron chi connectivity index (χ0n) is 6.67. The molecule has 0 amide bonds. The maximum atomic E-state index is 10.4. The van der Waals surface area contributed by atoms with Crippen LogP contribution in [-0.2, 0) is 34.3 Å². The average Bonchev–Trinajstić information content (AvgIpc) is 2.30. The summed E-state index contributed by atoms with van der Waals surface area (Å²) in [5.74, 6) is 0. The molecule has 0 aromatic heterocycles. The summed E-state index contributed by atoms with van der Waals surface area (Å²) >= 11 is -1.86. The van der Waals surface area contributed by atoms with E-state index in [0.29, 0.717) is 0 Å². The summed E-state index contributed by atoms with van der Waals surface area (Å²) in [7, 11) is -4.71. The van der Waals surface area contributed by atoms with Crippen molar-refractivity contribution in [2.45, 2.75) is 6.10 Å². The molecule has 2 unspecified atom stereocenters. The van der Waals surface area contributed by atoms with Crippen LogP contribution in [0.15, 0.2) is 0 Å². The quantitative estimate of drug-likeness (QED) is 0.270. The van der Waals surface area contributed by atoms with Crippen molar-refractivity contribution in [2.75, 3.05) is 13.2 Å². The van der Waals surface area contributed by atoms with Crippen LogP contribution in [0.3, 0.4) is 0 Å². The smallest absolute Gasteiger partial charge is 0.726 e. The third kappa shape index (κ3) is 5.77. The van der Waals surface area contributed by atoms with E-state index in [9.17, 15) is 17.2 Å². The molecule has 1 aliphatic rings. The van der Waals surface area contributed by atoms with Gasteiger partial charge in [-0.3, -0.25) is 12.5 Å². The van der Waals surface area contributed by atoms with Gasteiger partial charge >= 0.3 is 30.2 Å². The molecular weight excluding hydrogens is 219 g/mol. The molecule has 0 saturated carbocycles. The van der Waals surface area contributed by atoms with Crippen molar-refractivity contribution in [1.29, 1.82) is 0 Å². The summed E-state index contributed by atoms with van der Waals surface area (Å²) in [6.07, 6.45) is -0.769. The summed E-state index contributed by atoms with van der Waals surface area (Å²) in [4.78, 5) is 0. The molecule has 0 aromatic carbocycles. The molecule has 0 spiro atoms. The van der Waals surface area contributed by atoms with E-state index in [1.807, 2.05) is 0 Å². The van der Waals surface area contributed by atoms with Crippen molar-refractivity contribution in [1.82, 2.24) is 0 Å². The minimum absolute atomic E-state index is 0. The summed E-state index contributed by atoms with van der Waals surface area (Å²) < 4.78 is 52.8. The maximum absolute atomic E-state index is 10.4. The van der Waals surface area contributed by atoms with Crippen molar-refractivity contribution in [3.8, 4) is 0 Å². The van der Waals surface area contributed by atoms with Crippen molar-refractivity contribution in [2.24, 2.45) is 0 Å². The zero-order valence-corrected chi connectivity index (χ0v) is 8.30. The van der Waals surface area contributed by atoms with E-state index in [0.717, 1.165) is 0 Å². The molecule has 1 heterocycles. The van der Waals surface area contributed by atoms with Gasteiger partial charge in [0.05, 0.1) is 13.2 Å². The Bertz CT molecular complexity index is 273. The van der Waals surface area contributed by atoms with Gasteiger partial charge in [-0.15, -0.1) is 0 Å². The van der Waals surface area contributed by atoms with Crippen LogP contribution in [0.25, 0.3) is 0 Å². The normalized spacial score (nSPS) is 28.4. The van der Waals surface area contributed by atoms with E-state index >= 15 is 0 Å². The fourth-order valence-electron chi connectivity index (χ4n) is 0.533. The van der Waals surface area contributed by atoms with Crippen LogP contribution in [0, 0.1) is 0 Å². The van der Waals surface area contributed by atoms with Crippen molar-refractivity contribution < 1.29 is 48.6 Å². The van der Waals surface area contributed by atoms with Crippen LogP contribution >= 0.6 is 0 Å². The van der Waals surface area contributed by atoms with Gasteiger partial charge in [0.2, 0.25) is 10.4 Å². The zero-order chi connectivity index (χ0) is 9.19. The Morgan fingerprint density at radius 1 is 1.62 bits per heavy atom. The first-order valence-electron chi connectivity index (χ1n) is 2.80. The Kier molecular flexibility index (Phi) is 5.65. The Balaban J connectivity index is 0.00000144. The molecule has 1 aliphatic heterocycles. The van der Waals surface area contributed by atoms with Crippen molar-refractivity contribution >= 4 is 21.8 Å². The van der Waals surface area contributed by atoms with Gasteiger partial charge in [-0.2, -0.15) is 4.21 Å². The monoisotopic (exact) mass is 224 g/mol. The topological polar surface area (TPSA) is 102 Å². The predicted molar refractivity (Wildman–Crippen MR) is 34.6 cm³/mol. The molecule has 0 radical (unpaired) electrons. The molecular formula is C3H5LiO7S2. The number of rotatable bonds is 3. The third-order valence-corrected chi connectivity index (χ3v) is 2.15. The predicted octanol–water partition coefficient (Wildman–Crippen LogP) is -4.54. The van der Waals surface area contributed by atoms with E-state index < -0.39 is 34.5 Å². The SMILES string of the molecule is O=S1OCC(COS(=O)(=O)[O-])O1.[Li+]. The molecule has 2 atom stereocenters. The minimum Gasteiger partial charge on any atom is -0.726 e. The van der Waals surface area contributed by atoms with Crippen LogP contribution in [0.4, 0.5) is 0 Å². The van der Waals surface area contributed by atoms with E-state index in [-0.39, 0.29) is 25.5 Å². The molecule has 13 heavy (non-hydrogen) atoms. The Labute approximate surface area is 89.7 Å². The summed E-state index contributed by atoms with van der Waals surface area (Å²) in [5.41, 5.74) is 0. The van der Waals surface area contributed by atoms with Crippen LogP contribution in [0.1, 0.15) is 0 Å². The van der Waals surface area contributed by atoms with Gasteiger partial charge in [0.1, 0.15) is 6.10 Å². The van der Waals surface area contributed by atoms with Gasteiger partial charge in [0.15, 0.2) is 0 Å². The number of hydrogen-bond donors (Lipinski definition) is 0. The van der Waals surface area contributed by atoms with Gasteiger partial charge in [0, 0.05) is 0 Å². The van der Waals surface area contributed by atoms with Gasteiger partial charge in [-0.25, -0.2) is 8.42 Å². The second-order valence-corrected chi connectivity index (χ2v) is 3.79. The van der Waals surface area contributed by atoms with Crippen LogP contribution in [0.2, 0.25) is 0 Å². The van der Waals surface area contributed by atoms with Crippen molar-refractivity contribution in [3.63, 3.8) is 0 Å². The van der Waals surface area contributed by atoms with Gasteiger partial charge in [-0.1, -0.05) is 0 Å². The molecule has 1 rings (SSSR count). The second-order valence-electron chi connectivity index (χ2n) is 1.90. The first-order chi connectivity index (χ1) is 5.47. The van der Waals surface area contributed by atoms with E-state index in [1.165, 1.54) is 0 Å². The summed E-state index contributed by atoms with van der Waals surface area (Å²) in [6, 6.07) is 0. The minimum atomic E-state index is -4.71. The summed E-state index contributed by atoms with van der Waals surface area (Å²) in [5, 5.41) is 0. The molecule has 0 N–H and O–H groups in total. The van der Waals surface area contributed by atoms with E-state index in [1.54, 1.807) is 0 Å². The van der Waals surface area contributed by atoms with Crippen molar-refractivity contribution in [3.05, 3.63) is 0 Å². The first-order valence-corrected chi connectivity index (χ1v) is 5.13. The summed E-state index contributed by atoms with van der Waals surface area (Å²) in [6.45, 7) is -0.528. The number of hydrogen-bond acceptors (Lipinski definition) is 7. The molecule has 0 bridgehead atoms. The fraction of sp³-hybridized carbons (Fsp3) is 1.00. The standard InChI is InChI=1S/C3H6O7S2.Li/c4-11-8-1-3(10-11)2-9-12(5,6)7;/h3H,1-2H2,(H,5,6,7);/q;+1/p-1. The second kappa shape index (κ2) is 5.43. The fourth-order valence-corrected chi connectivity index (χ4v) is 1.50. The molecule has 0 aliphatic carbocycles. The van der Waals surface area contributed by atoms with Gasteiger partial charge in [0.25, 0.3) is 0 Å². The van der Waals surface area contributed by atoms with Crippen LogP contribution in [0.5, 0.6) is 0 Å². The average molecular weight is 224 g/mol. The molecule has 0 aromatic rings. The molecule has 1 saturated heterocycles. The van der Waals surface area contributed by atoms with Gasteiger partial charge < -0.3 is 4.55 Å².